The number of fused-ring (bicyclic) bond motifs is 1. The summed E-state index contributed by atoms with van der Waals surface area (Å²) in [6.45, 7) is 5.12. The maximum absolute atomic E-state index is 13.5. The lowest BCUT2D eigenvalue weighted by molar-refractivity contribution is -0.118. The fourth-order valence-corrected chi connectivity index (χ4v) is 3.87. The Hall–Kier alpha value is -3.32. The van der Waals surface area contributed by atoms with Crippen molar-refractivity contribution >= 4 is 34.5 Å². The van der Waals surface area contributed by atoms with Gasteiger partial charge in [0, 0.05) is 33.8 Å². The highest BCUT2D eigenvalue weighted by atomic mass is 32.1. The van der Waals surface area contributed by atoms with E-state index in [4.69, 9.17) is 9.47 Å². The average molecular weight is 437 g/mol. The summed E-state index contributed by atoms with van der Waals surface area (Å²) in [4.78, 5) is 28.2. The van der Waals surface area contributed by atoms with Crippen molar-refractivity contribution in [3.63, 3.8) is 0 Å². The standard InChI is InChI=1S/C24H24N2O4S/c1-16(2)23(27)25-18-7-5-17(6-8-18)24(28)26(15-20-4-3-13-31-20)19-9-10-21-22(14-19)30-12-11-29-21/h3-10,13-14,16H,11-12,15H2,1-2H3,(H,25,27). The molecule has 3 aromatic rings. The van der Waals surface area contributed by atoms with Crippen LogP contribution in [0.15, 0.2) is 60.0 Å². The van der Waals surface area contributed by atoms with Crippen LogP contribution in [0, 0.1) is 5.92 Å². The van der Waals surface area contributed by atoms with E-state index in [0.29, 0.717) is 42.5 Å². The van der Waals surface area contributed by atoms with Crippen molar-refractivity contribution < 1.29 is 19.1 Å². The number of anilines is 2. The van der Waals surface area contributed by atoms with Crippen molar-refractivity contribution in [3.05, 3.63) is 70.4 Å². The molecule has 2 heterocycles. The quantitative estimate of drug-likeness (QED) is 0.593. The maximum atomic E-state index is 13.5. The molecule has 0 radical (unpaired) electrons. The maximum Gasteiger partial charge on any atom is 0.258 e. The average Bonchev–Trinajstić information content (AvgIpc) is 3.30. The summed E-state index contributed by atoms with van der Waals surface area (Å²) >= 11 is 1.60. The second kappa shape index (κ2) is 9.22. The Morgan fingerprint density at radius 3 is 2.45 bits per heavy atom. The van der Waals surface area contributed by atoms with Crippen LogP contribution in [0.3, 0.4) is 0 Å². The molecular formula is C24H24N2O4S. The van der Waals surface area contributed by atoms with Crippen LogP contribution in [-0.4, -0.2) is 25.0 Å². The van der Waals surface area contributed by atoms with Gasteiger partial charge in [-0.1, -0.05) is 19.9 Å². The van der Waals surface area contributed by atoms with Crippen LogP contribution in [0.25, 0.3) is 0 Å². The molecule has 0 saturated carbocycles. The number of carbonyl (C=O) groups excluding carboxylic acids is 2. The van der Waals surface area contributed by atoms with E-state index in [2.05, 4.69) is 5.32 Å². The monoisotopic (exact) mass is 436 g/mol. The van der Waals surface area contributed by atoms with Crippen molar-refractivity contribution in [1.82, 2.24) is 0 Å². The zero-order valence-corrected chi connectivity index (χ0v) is 18.3. The van der Waals surface area contributed by atoms with Gasteiger partial charge in [-0.2, -0.15) is 0 Å². The van der Waals surface area contributed by atoms with E-state index in [9.17, 15) is 9.59 Å². The summed E-state index contributed by atoms with van der Waals surface area (Å²) in [5.41, 5.74) is 1.94. The highest BCUT2D eigenvalue weighted by Gasteiger charge is 2.22. The van der Waals surface area contributed by atoms with Gasteiger partial charge in [-0.3, -0.25) is 9.59 Å². The zero-order chi connectivity index (χ0) is 21.8. The van der Waals surface area contributed by atoms with E-state index in [1.54, 1.807) is 40.5 Å². The fraction of sp³-hybridized carbons (Fsp3) is 0.250. The number of benzene rings is 2. The van der Waals surface area contributed by atoms with Gasteiger partial charge in [0.25, 0.3) is 5.91 Å². The van der Waals surface area contributed by atoms with E-state index in [-0.39, 0.29) is 17.7 Å². The molecule has 0 spiro atoms. The van der Waals surface area contributed by atoms with Crippen molar-refractivity contribution in [2.45, 2.75) is 20.4 Å². The number of thiophene rings is 1. The Bertz CT molecular complexity index is 1060. The Labute approximate surface area is 185 Å². The molecular weight excluding hydrogens is 412 g/mol. The largest absolute Gasteiger partial charge is 0.486 e. The van der Waals surface area contributed by atoms with Gasteiger partial charge in [0.05, 0.1) is 6.54 Å². The van der Waals surface area contributed by atoms with Gasteiger partial charge < -0.3 is 19.7 Å². The lowest BCUT2D eigenvalue weighted by atomic mass is 10.1. The van der Waals surface area contributed by atoms with Gasteiger partial charge >= 0.3 is 0 Å². The first-order chi connectivity index (χ1) is 15.0. The van der Waals surface area contributed by atoms with Crippen molar-refractivity contribution in [2.24, 2.45) is 5.92 Å². The third kappa shape index (κ3) is 4.88. The smallest absolute Gasteiger partial charge is 0.258 e. The van der Waals surface area contributed by atoms with E-state index in [1.807, 2.05) is 49.6 Å². The number of nitrogens with zero attached hydrogens (tertiary/aromatic N) is 1. The van der Waals surface area contributed by atoms with Gasteiger partial charge in [-0.15, -0.1) is 11.3 Å². The molecule has 0 saturated heterocycles. The summed E-state index contributed by atoms with van der Waals surface area (Å²) in [6, 6.07) is 16.5. The molecule has 0 aliphatic carbocycles. The Morgan fingerprint density at radius 2 is 1.77 bits per heavy atom. The summed E-state index contributed by atoms with van der Waals surface area (Å²) in [6.07, 6.45) is 0. The molecule has 1 aliphatic rings. The number of carbonyl (C=O) groups is 2. The summed E-state index contributed by atoms with van der Waals surface area (Å²) < 4.78 is 11.3. The SMILES string of the molecule is CC(C)C(=O)Nc1ccc(C(=O)N(Cc2cccs2)c2ccc3c(c2)OCCO3)cc1. The van der Waals surface area contributed by atoms with Crippen LogP contribution in [0.4, 0.5) is 11.4 Å². The molecule has 6 nitrogen and oxygen atoms in total. The van der Waals surface area contributed by atoms with Crippen LogP contribution < -0.4 is 19.7 Å². The van der Waals surface area contributed by atoms with E-state index in [0.717, 1.165) is 10.6 Å². The molecule has 31 heavy (non-hydrogen) atoms. The Balaban J connectivity index is 1.61. The molecule has 0 atom stereocenters. The lowest BCUT2D eigenvalue weighted by Gasteiger charge is -2.25. The van der Waals surface area contributed by atoms with Crippen LogP contribution in [0.2, 0.25) is 0 Å². The third-order valence-corrected chi connectivity index (χ3v) is 5.76. The van der Waals surface area contributed by atoms with Crippen molar-refractivity contribution in [1.29, 1.82) is 0 Å². The second-order valence-electron chi connectivity index (χ2n) is 7.52. The Morgan fingerprint density at radius 1 is 1.03 bits per heavy atom. The van der Waals surface area contributed by atoms with E-state index < -0.39 is 0 Å². The zero-order valence-electron chi connectivity index (χ0n) is 17.5. The Kier molecular flexibility index (Phi) is 6.23. The van der Waals surface area contributed by atoms with Gasteiger partial charge in [-0.05, 0) is 47.8 Å². The molecule has 2 amide bonds. The predicted molar refractivity (Wildman–Crippen MR) is 122 cm³/mol. The number of hydrogen-bond acceptors (Lipinski definition) is 5. The molecule has 0 unspecified atom stereocenters. The van der Waals surface area contributed by atoms with Crippen molar-refractivity contribution in [2.75, 3.05) is 23.4 Å². The number of hydrogen-bond donors (Lipinski definition) is 1. The summed E-state index contributed by atoms with van der Waals surface area (Å²) in [5.74, 6) is 1.02. The van der Waals surface area contributed by atoms with Gasteiger partial charge in [0.15, 0.2) is 11.5 Å². The van der Waals surface area contributed by atoms with Crippen LogP contribution >= 0.6 is 11.3 Å². The third-order valence-electron chi connectivity index (χ3n) is 4.90. The first kappa shape index (κ1) is 20.9. The minimum atomic E-state index is -0.133. The summed E-state index contributed by atoms with van der Waals surface area (Å²) in [5, 5.41) is 4.84. The molecule has 7 heteroatoms. The highest BCUT2D eigenvalue weighted by Crippen LogP contribution is 2.35. The molecule has 160 valence electrons. The molecule has 1 N–H and O–H groups in total. The van der Waals surface area contributed by atoms with E-state index >= 15 is 0 Å². The first-order valence-corrected chi connectivity index (χ1v) is 11.0. The molecule has 2 aromatic carbocycles. The molecule has 1 aromatic heterocycles. The number of ether oxygens (including phenoxy) is 2. The normalized spacial score (nSPS) is 12.5. The minimum Gasteiger partial charge on any atom is -0.486 e. The second-order valence-corrected chi connectivity index (χ2v) is 8.55. The topological polar surface area (TPSA) is 67.9 Å². The predicted octanol–water partition coefficient (Wildman–Crippen LogP) is 4.96. The molecule has 4 rings (SSSR count). The number of nitrogens with one attached hydrogen (secondary N) is 1. The van der Waals surface area contributed by atoms with Gasteiger partial charge in [0.1, 0.15) is 13.2 Å². The molecule has 0 fully saturated rings. The fourth-order valence-electron chi connectivity index (χ4n) is 3.18. The lowest BCUT2D eigenvalue weighted by Crippen LogP contribution is -2.30. The molecule has 0 bridgehead atoms. The first-order valence-electron chi connectivity index (χ1n) is 10.2. The van der Waals surface area contributed by atoms with Crippen molar-refractivity contribution in [3.8, 4) is 11.5 Å². The van der Waals surface area contributed by atoms with Gasteiger partial charge in [0.2, 0.25) is 5.91 Å². The number of rotatable bonds is 6. The van der Waals surface area contributed by atoms with Gasteiger partial charge in [-0.25, -0.2) is 0 Å². The van der Waals surface area contributed by atoms with E-state index in [1.165, 1.54) is 0 Å². The molecule has 1 aliphatic heterocycles. The summed E-state index contributed by atoms with van der Waals surface area (Å²) in [7, 11) is 0. The van der Waals surface area contributed by atoms with Crippen LogP contribution in [-0.2, 0) is 11.3 Å². The van der Waals surface area contributed by atoms with Crippen LogP contribution in [0.5, 0.6) is 11.5 Å². The van der Waals surface area contributed by atoms with Crippen LogP contribution in [0.1, 0.15) is 29.1 Å². The highest BCUT2D eigenvalue weighted by molar-refractivity contribution is 7.09. The minimum absolute atomic E-state index is 0.0605. The number of amides is 2.